The van der Waals surface area contributed by atoms with Crippen molar-refractivity contribution in [2.75, 3.05) is 20.1 Å². The van der Waals surface area contributed by atoms with Gasteiger partial charge >= 0.3 is 5.97 Å². The zero-order valence-corrected chi connectivity index (χ0v) is 15.9. The second-order valence-electron chi connectivity index (χ2n) is 6.75. The predicted octanol–water partition coefficient (Wildman–Crippen LogP) is 4.40. The molecule has 2 aromatic rings. The van der Waals surface area contributed by atoms with Crippen molar-refractivity contribution < 1.29 is 14.3 Å². The number of aliphatic carboxylic acids is 1. The number of carbonyl (C=O) groups is 1. The number of rotatable bonds is 6. The highest BCUT2D eigenvalue weighted by Gasteiger charge is 2.05. The van der Waals surface area contributed by atoms with Crippen LogP contribution in [-0.4, -0.2) is 36.1 Å². The Balaban J connectivity index is 2.29. The maximum absolute atomic E-state index is 13.6. The first-order valence-corrected chi connectivity index (χ1v) is 8.83. The molecular weight excluding hydrogens is 341 g/mol. The molecule has 27 heavy (non-hydrogen) atoms. The fourth-order valence-corrected chi connectivity index (χ4v) is 2.53. The zero-order chi connectivity index (χ0) is 19.8. The summed E-state index contributed by atoms with van der Waals surface area (Å²) in [6.07, 6.45) is 1.83. The van der Waals surface area contributed by atoms with Crippen LogP contribution in [0.4, 0.5) is 4.39 Å². The second-order valence-corrected chi connectivity index (χ2v) is 6.75. The van der Waals surface area contributed by atoms with E-state index in [9.17, 15) is 9.18 Å². The van der Waals surface area contributed by atoms with Gasteiger partial charge in [0, 0.05) is 17.7 Å². The van der Waals surface area contributed by atoms with Gasteiger partial charge in [-0.1, -0.05) is 56.0 Å². The Morgan fingerprint density at radius 1 is 1.22 bits per heavy atom. The summed E-state index contributed by atoms with van der Waals surface area (Å²) in [7, 11) is 1.71. The van der Waals surface area contributed by atoms with Crippen LogP contribution < -0.4 is 0 Å². The summed E-state index contributed by atoms with van der Waals surface area (Å²) in [6, 6.07) is 14.3. The van der Waals surface area contributed by atoms with Crippen LogP contribution in [0, 0.1) is 17.7 Å². The Morgan fingerprint density at radius 2 is 1.93 bits per heavy atom. The van der Waals surface area contributed by atoms with Crippen LogP contribution in [-0.2, 0) is 4.79 Å². The van der Waals surface area contributed by atoms with Crippen LogP contribution in [0.2, 0.25) is 0 Å². The molecule has 2 aromatic carbocycles. The highest BCUT2D eigenvalue weighted by atomic mass is 19.1. The standard InChI is InChI=1S/C23H24FNO2/c1-17(2)19-10-7-18(8-11-19)9-12-20(13-14-25(3)16-23(26)27)21-5-4-6-22(24)15-21/h4-8,10-11,13,15,17H,14,16H2,1-3H3,(H,26,27). The van der Waals surface area contributed by atoms with E-state index in [2.05, 4.69) is 37.8 Å². The minimum Gasteiger partial charge on any atom is -0.480 e. The number of benzene rings is 2. The van der Waals surface area contributed by atoms with Crippen LogP contribution in [0.1, 0.15) is 36.5 Å². The number of carboxylic acids is 1. The van der Waals surface area contributed by atoms with E-state index >= 15 is 0 Å². The quantitative estimate of drug-likeness (QED) is 0.772. The lowest BCUT2D eigenvalue weighted by atomic mass is 10.0. The number of hydrogen-bond donors (Lipinski definition) is 1. The minimum atomic E-state index is -0.894. The second kappa shape index (κ2) is 9.70. The topological polar surface area (TPSA) is 40.5 Å². The van der Waals surface area contributed by atoms with Gasteiger partial charge in [-0.05, 0) is 48.4 Å². The van der Waals surface area contributed by atoms with Crippen molar-refractivity contribution in [3.63, 3.8) is 0 Å². The maximum Gasteiger partial charge on any atom is 0.317 e. The summed E-state index contributed by atoms with van der Waals surface area (Å²) in [5.74, 6) is 5.46. The lowest BCUT2D eigenvalue weighted by Crippen LogP contribution is -2.25. The zero-order valence-electron chi connectivity index (χ0n) is 15.9. The van der Waals surface area contributed by atoms with Crippen LogP contribution in [0.5, 0.6) is 0 Å². The van der Waals surface area contributed by atoms with E-state index in [0.29, 0.717) is 23.6 Å². The first-order chi connectivity index (χ1) is 12.8. The van der Waals surface area contributed by atoms with Gasteiger partial charge in [0.15, 0.2) is 0 Å². The molecule has 0 aliphatic rings. The lowest BCUT2D eigenvalue weighted by molar-refractivity contribution is -0.137. The first kappa shape index (κ1) is 20.4. The van der Waals surface area contributed by atoms with Crippen LogP contribution in [0.25, 0.3) is 5.57 Å². The Labute approximate surface area is 160 Å². The van der Waals surface area contributed by atoms with E-state index < -0.39 is 5.97 Å². The molecule has 0 aromatic heterocycles. The molecule has 0 amide bonds. The van der Waals surface area contributed by atoms with Gasteiger partial charge in [-0.3, -0.25) is 9.69 Å². The number of likely N-dealkylation sites (N-methyl/N-ethyl adjacent to an activating group) is 1. The van der Waals surface area contributed by atoms with E-state index in [1.54, 1.807) is 24.1 Å². The van der Waals surface area contributed by atoms with Gasteiger partial charge in [0.2, 0.25) is 0 Å². The molecule has 0 bridgehead atoms. The smallest absolute Gasteiger partial charge is 0.317 e. The summed E-state index contributed by atoms with van der Waals surface area (Å²) in [5, 5.41) is 8.88. The normalized spacial score (nSPS) is 11.4. The third kappa shape index (κ3) is 6.73. The predicted molar refractivity (Wildman–Crippen MR) is 107 cm³/mol. The highest BCUT2D eigenvalue weighted by molar-refractivity contribution is 5.79. The fraction of sp³-hybridized carbons (Fsp3) is 0.261. The van der Waals surface area contributed by atoms with Crippen molar-refractivity contribution in [2.45, 2.75) is 19.8 Å². The molecule has 0 saturated heterocycles. The Morgan fingerprint density at radius 3 is 2.52 bits per heavy atom. The van der Waals surface area contributed by atoms with E-state index in [-0.39, 0.29) is 12.4 Å². The van der Waals surface area contributed by atoms with Gasteiger partial charge < -0.3 is 5.11 Å². The van der Waals surface area contributed by atoms with Crippen molar-refractivity contribution in [2.24, 2.45) is 0 Å². The largest absolute Gasteiger partial charge is 0.480 e. The van der Waals surface area contributed by atoms with E-state index in [1.165, 1.54) is 17.7 Å². The highest BCUT2D eigenvalue weighted by Crippen LogP contribution is 2.17. The summed E-state index contributed by atoms with van der Waals surface area (Å²) < 4.78 is 13.6. The average molecular weight is 365 g/mol. The molecule has 0 heterocycles. The third-order valence-corrected chi connectivity index (χ3v) is 4.07. The van der Waals surface area contributed by atoms with Crippen LogP contribution in [0.3, 0.4) is 0 Å². The van der Waals surface area contributed by atoms with Gasteiger partial charge in [-0.25, -0.2) is 4.39 Å². The summed E-state index contributed by atoms with van der Waals surface area (Å²) in [4.78, 5) is 12.5. The molecule has 2 rings (SSSR count). The van der Waals surface area contributed by atoms with Crippen molar-refractivity contribution in [1.29, 1.82) is 0 Å². The number of allylic oxidation sites excluding steroid dienone is 1. The third-order valence-electron chi connectivity index (χ3n) is 4.07. The van der Waals surface area contributed by atoms with Gasteiger partial charge in [0.1, 0.15) is 5.82 Å². The summed E-state index contributed by atoms with van der Waals surface area (Å²) in [6.45, 7) is 4.61. The Kier molecular flexibility index (Phi) is 7.34. The molecular formula is C23H24FNO2. The first-order valence-electron chi connectivity index (χ1n) is 8.83. The molecule has 0 radical (unpaired) electrons. The average Bonchev–Trinajstić information content (AvgIpc) is 2.61. The van der Waals surface area contributed by atoms with Crippen molar-refractivity contribution in [1.82, 2.24) is 4.90 Å². The van der Waals surface area contributed by atoms with Crippen molar-refractivity contribution in [3.05, 3.63) is 77.1 Å². The molecule has 0 atom stereocenters. The molecule has 0 aliphatic heterocycles. The molecule has 0 aliphatic carbocycles. The van der Waals surface area contributed by atoms with Crippen LogP contribution >= 0.6 is 0 Å². The summed E-state index contributed by atoms with van der Waals surface area (Å²) >= 11 is 0. The van der Waals surface area contributed by atoms with Gasteiger partial charge in [0.25, 0.3) is 0 Å². The molecule has 4 heteroatoms. The van der Waals surface area contributed by atoms with Gasteiger partial charge in [-0.15, -0.1) is 0 Å². The number of carboxylic acid groups (broad SMARTS) is 1. The lowest BCUT2D eigenvalue weighted by Gasteiger charge is -2.11. The molecule has 140 valence electrons. The number of halogens is 1. The van der Waals surface area contributed by atoms with E-state index in [1.807, 2.05) is 18.2 Å². The molecule has 1 N–H and O–H groups in total. The van der Waals surface area contributed by atoms with Gasteiger partial charge in [-0.2, -0.15) is 0 Å². The van der Waals surface area contributed by atoms with E-state index in [0.717, 1.165) is 5.56 Å². The molecule has 0 saturated carbocycles. The SMILES string of the molecule is CC(C)c1ccc(C#CC(=CCN(C)CC(=O)O)c2cccc(F)c2)cc1. The number of nitrogens with zero attached hydrogens (tertiary/aromatic N) is 1. The molecule has 3 nitrogen and oxygen atoms in total. The van der Waals surface area contributed by atoms with E-state index in [4.69, 9.17) is 5.11 Å². The van der Waals surface area contributed by atoms with Crippen molar-refractivity contribution >= 4 is 11.5 Å². The van der Waals surface area contributed by atoms with Crippen molar-refractivity contribution in [3.8, 4) is 11.8 Å². The Hall–Kier alpha value is -2.90. The van der Waals surface area contributed by atoms with Gasteiger partial charge in [0.05, 0.1) is 6.54 Å². The summed E-state index contributed by atoms with van der Waals surface area (Å²) in [5.41, 5.74) is 3.46. The minimum absolute atomic E-state index is 0.0724. The Bertz CT molecular complexity index is 873. The number of hydrogen-bond acceptors (Lipinski definition) is 2. The monoisotopic (exact) mass is 365 g/mol. The maximum atomic E-state index is 13.6. The molecule has 0 spiro atoms. The van der Waals surface area contributed by atoms with Crippen LogP contribution in [0.15, 0.2) is 54.6 Å². The molecule has 0 unspecified atom stereocenters. The fourth-order valence-electron chi connectivity index (χ4n) is 2.53. The molecule has 0 fully saturated rings.